The highest BCUT2D eigenvalue weighted by atomic mass is 16.5. The maximum atomic E-state index is 13.4. The van der Waals surface area contributed by atoms with Gasteiger partial charge in [0.05, 0.1) is 19.3 Å². The molecule has 2 aliphatic rings. The van der Waals surface area contributed by atoms with Crippen LogP contribution in [-0.4, -0.2) is 82.2 Å². The Hall–Kier alpha value is -3.59. The standard InChI is InChI=1S/C30H42N6O3/c1-6-7-8-25-21-36(20-24-19-31-33(5)28(24)32-25)29(38)23-9-11-26(12-10-23)39-22-27(37)35-17-15-34(16-18-35)14-13-30(2,3)4/h6-12,19,32H,13-18,20-22H2,1-5H3/b7-6-,25-8+. The summed E-state index contributed by atoms with van der Waals surface area (Å²) in [5.74, 6) is 1.38. The number of ether oxygens (including phenoxy) is 1. The van der Waals surface area contributed by atoms with Crippen LogP contribution in [0.25, 0.3) is 0 Å². The predicted molar refractivity (Wildman–Crippen MR) is 153 cm³/mol. The highest BCUT2D eigenvalue weighted by Crippen LogP contribution is 2.25. The molecule has 4 rings (SSSR count). The summed E-state index contributed by atoms with van der Waals surface area (Å²) in [7, 11) is 1.88. The first-order valence-electron chi connectivity index (χ1n) is 13.7. The van der Waals surface area contributed by atoms with Crippen molar-refractivity contribution in [2.45, 2.75) is 40.7 Å². The van der Waals surface area contributed by atoms with Crippen molar-refractivity contribution in [1.29, 1.82) is 0 Å². The maximum absolute atomic E-state index is 13.4. The molecule has 39 heavy (non-hydrogen) atoms. The third-order valence-corrected chi connectivity index (χ3v) is 7.16. The third kappa shape index (κ3) is 7.72. The summed E-state index contributed by atoms with van der Waals surface area (Å²) < 4.78 is 7.57. The number of amides is 2. The molecule has 0 spiro atoms. The number of carbonyl (C=O) groups is 2. The quantitative estimate of drug-likeness (QED) is 0.580. The molecule has 9 nitrogen and oxygen atoms in total. The molecule has 1 N–H and O–H groups in total. The van der Waals surface area contributed by atoms with E-state index in [1.165, 1.54) is 0 Å². The number of carbonyl (C=O) groups excluding carboxylic acids is 2. The number of hydrogen-bond donors (Lipinski definition) is 1. The van der Waals surface area contributed by atoms with Crippen molar-refractivity contribution in [1.82, 2.24) is 24.5 Å². The molecule has 0 radical (unpaired) electrons. The Bertz CT molecular complexity index is 1200. The van der Waals surface area contributed by atoms with Crippen LogP contribution in [0, 0.1) is 5.41 Å². The fraction of sp³-hybridized carbons (Fsp3) is 0.500. The molecule has 9 heteroatoms. The van der Waals surface area contributed by atoms with Crippen LogP contribution in [0.4, 0.5) is 5.82 Å². The number of nitrogens with one attached hydrogen (secondary N) is 1. The Kier molecular flexibility index (Phi) is 9.12. The zero-order valence-corrected chi connectivity index (χ0v) is 23.9. The van der Waals surface area contributed by atoms with Crippen molar-refractivity contribution < 1.29 is 14.3 Å². The molecule has 3 heterocycles. The van der Waals surface area contributed by atoms with Gasteiger partial charge in [-0.2, -0.15) is 5.10 Å². The lowest BCUT2D eigenvalue weighted by atomic mass is 9.92. The highest BCUT2D eigenvalue weighted by molar-refractivity contribution is 5.94. The normalized spacial score (nSPS) is 17.7. The van der Waals surface area contributed by atoms with Crippen molar-refractivity contribution in [3.05, 3.63) is 65.5 Å². The van der Waals surface area contributed by atoms with Gasteiger partial charge in [-0.05, 0) is 55.6 Å². The number of piperazine rings is 1. The van der Waals surface area contributed by atoms with E-state index in [-0.39, 0.29) is 18.4 Å². The lowest BCUT2D eigenvalue weighted by Gasteiger charge is -2.35. The van der Waals surface area contributed by atoms with Gasteiger partial charge in [0.2, 0.25) is 0 Å². The van der Waals surface area contributed by atoms with Gasteiger partial charge in [0.25, 0.3) is 11.8 Å². The van der Waals surface area contributed by atoms with Gasteiger partial charge in [-0.1, -0.05) is 32.9 Å². The van der Waals surface area contributed by atoms with Gasteiger partial charge in [-0.15, -0.1) is 0 Å². The molecule has 2 aromatic rings. The van der Waals surface area contributed by atoms with Crippen LogP contribution in [0.1, 0.15) is 50.0 Å². The van der Waals surface area contributed by atoms with Gasteiger partial charge in [0.1, 0.15) is 11.6 Å². The number of fused-ring (bicyclic) bond motifs is 1. The number of rotatable bonds is 7. The van der Waals surface area contributed by atoms with E-state index in [1.807, 2.05) is 37.1 Å². The largest absolute Gasteiger partial charge is 0.484 e. The number of aromatic nitrogens is 2. The Labute approximate surface area is 232 Å². The molecular formula is C30H42N6O3. The van der Waals surface area contributed by atoms with Crippen molar-refractivity contribution in [2.24, 2.45) is 12.5 Å². The number of aryl methyl sites for hydroxylation is 1. The lowest BCUT2D eigenvalue weighted by molar-refractivity contribution is -0.135. The van der Waals surface area contributed by atoms with Crippen molar-refractivity contribution >= 4 is 17.6 Å². The third-order valence-electron chi connectivity index (χ3n) is 7.16. The molecule has 1 saturated heterocycles. The summed E-state index contributed by atoms with van der Waals surface area (Å²) in [6, 6.07) is 7.03. The summed E-state index contributed by atoms with van der Waals surface area (Å²) in [5, 5.41) is 7.76. The highest BCUT2D eigenvalue weighted by Gasteiger charge is 2.25. The van der Waals surface area contributed by atoms with Gasteiger partial charge in [0, 0.05) is 50.1 Å². The Morgan fingerprint density at radius 2 is 1.77 bits per heavy atom. The molecule has 0 saturated carbocycles. The number of hydrogen-bond acceptors (Lipinski definition) is 6. The molecule has 0 bridgehead atoms. The molecular weight excluding hydrogens is 492 g/mol. The van der Waals surface area contributed by atoms with E-state index in [0.717, 1.165) is 56.2 Å². The van der Waals surface area contributed by atoms with E-state index in [0.29, 0.717) is 29.8 Å². The molecule has 0 unspecified atom stereocenters. The Morgan fingerprint density at radius 3 is 2.44 bits per heavy atom. The van der Waals surface area contributed by atoms with Gasteiger partial charge < -0.3 is 19.9 Å². The molecule has 0 atom stereocenters. The van der Waals surface area contributed by atoms with E-state index < -0.39 is 0 Å². The van der Waals surface area contributed by atoms with Crippen molar-refractivity contribution in [3.8, 4) is 5.75 Å². The van der Waals surface area contributed by atoms with Gasteiger partial charge >= 0.3 is 0 Å². The fourth-order valence-corrected chi connectivity index (χ4v) is 4.70. The second-order valence-electron chi connectivity index (χ2n) is 11.5. The minimum Gasteiger partial charge on any atom is -0.484 e. The first kappa shape index (κ1) is 28.4. The van der Waals surface area contributed by atoms with Gasteiger partial charge in [-0.3, -0.25) is 19.2 Å². The number of benzene rings is 1. The lowest BCUT2D eigenvalue weighted by Crippen LogP contribution is -2.50. The molecule has 1 aromatic heterocycles. The topological polar surface area (TPSA) is 82.9 Å². The SMILES string of the molecule is C/C=C\C=C1/CN(C(=O)c2ccc(OCC(=O)N3CCN(CCC(C)(C)C)CC3)cc2)Cc2cnn(C)c2N1. The maximum Gasteiger partial charge on any atom is 0.260 e. The van der Waals surface area contributed by atoms with E-state index in [9.17, 15) is 9.59 Å². The average molecular weight is 535 g/mol. The van der Waals surface area contributed by atoms with Gasteiger partial charge in [0.15, 0.2) is 6.61 Å². The predicted octanol–water partition coefficient (Wildman–Crippen LogP) is 3.91. The molecule has 1 aromatic carbocycles. The molecule has 2 aliphatic heterocycles. The van der Waals surface area contributed by atoms with Crippen LogP contribution in [-0.2, 0) is 18.4 Å². The van der Waals surface area contributed by atoms with Crippen LogP contribution in [0.2, 0.25) is 0 Å². The summed E-state index contributed by atoms with van der Waals surface area (Å²) in [6.07, 6.45) is 8.82. The van der Waals surface area contributed by atoms with Crippen molar-refractivity contribution in [2.75, 3.05) is 51.2 Å². The Balaban J connectivity index is 1.31. The Morgan fingerprint density at radius 1 is 1.05 bits per heavy atom. The minimum atomic E-state index is -0.0770. The number of anilines is 1. The molecule has 210 valence electrons. The average Bonchev–Trinajstić information content (AvgIpc) is 3.15. The molecule has 1 fully saturated rings. The molecule has 0 aliphatic carbocycles. The van der Waals surface area contributed by atoms with Crippen molar-refractivity contribution in [3.63, 3.8) is 0 Å². The van der Waals surface area contributed by atoms with E-state index in [2.05, 4.69) is 36.1 Å². The van der Waals surface area contributed by atoms with Crippen LogP contribution < -0.4 is 10.1 Å². The summed E-state index contributed by atoms with van der Waals surface area (Å²) in [6.45, 7) is 14.0. The van der Waals surface area contributed by atoms with Crippen LogP contribution in [0.15, 0.2) is 54.4 Å². The first-order valence-corrected chi connectivity index (χ1v) is 13.7. The van der Waals surface area contributed by atoms with E-state index >= 15 is 0 Å². The summed E-state index contributed by atoms with van der Waals surface area (Å²) in [4.78, 5) is 32.2. The second kappa shape index (κ2) is 12.5. The van der Waals surface area contributed by atoms with Crippen LogP contribution in [0.5, 0.6) is 5.75 Å². The minimum absolute atomic E-state index is 0.00400. The van der Waals surface area contributed by atoms with E-state index in [1.54, 1.807) is 40.0 Å². The van der Waals surface area contributed by atoms with E-state index in [4.69, 9.17) is 4.74 Å². The molecule has 2 amide bonds. The smallest absolute Gasteiger partial charge is 0.260 e. The van der Waals surface area contributed by atoms with Crippen LogP contribution in [0.3, 0.4) is 0 Å². The van der Waals surface area contributed by atoms with Crippen LogP contribution >= 0.6 is 0 Å². The number of nitrogens with zero attached hydrogens (tertiary/aromatic N) is 5. The zero-order chi connectivity index (χ0) is 28.0. The number of allylic oxidation sites excluding steroid dienone is 3. The zero-order valence-electron chi connectivity index (χ0n) is 23.9. The monoisotopic (exact) mass is 534 g/mol. The van der Waals surface area contributed by atoms with Gasteiger partial charge in [-0.25, -0.2) is 0 Å². The second-order valence-corrected chi connectivity index (χ2v) is 11.5. The summed E-state index contributed by atoms with van der Waals surface area (Å²) in [5.41, 5.74) is 2.76. The fourth-order valence-electron chi connectivity index (χ4n) is 4.70. The first-order chi connectivity index (χ1) is 18.6. The summed E-state index contributed by atoms with van der Waals surface area (Å²) >= 11 is 0.